The third-order valence-corrected chi connectivity index (χ3v) is 9.27. The highest BCUT2D eigenvalue weighted by Gasteiger charge is 2.32. The number of amides is 1. The smallest absolute Gasteiger partial charge is 0.403 e. The van der Waals surface area contributed by atoms with Crippen LogP contribution in [0.1, 0.15) is 19.8 Å². The summed E-state index contributed by atoms with van der Waals surface area (Å²) < 4.78 is 66.7. The highest BCUT2D eigenvalue weighted by Crippen LogP contribution is 2.36. The van der Waals surface area contributed by atoms with Crippen LogP contribution in [-0.2, 0) is 14.8 Å². The molecule has 248 valence electrons. The number of anilines is 1. The Bertz CT molecular complexity index is 1260. The number of rotatable bonds is 12. The fourth-order valence-electron chi connectivity index (χ4n) is 4.56. The molecule has 44 heavy (non-hydrogen) atoms. The maximum atomic E-state index is 13.3. The van der Waals surface area contributed by atoms with Gasteiger partial charge in [0, 0.05) is 66.5 Å². The van der Waals surface area contributed by atoms with E-state index in [-0.39, 0.29) is 23.2 Å². The molecular weight excluding hydrogens is 597 g/mol. The van der Waals surface area contributed by atoms with E-state index in [0.29, 0.717) is 25.3 Å². The summed E-state index contributed by atoms with van der Waals surface area (Å²) in [5.74, 6) is -0.0900. The topological polar surface area (TPSA) is 111 Å². The number of piperazine rings is 1. The molecule has 0 aromatic heterocycles. The highest BCUT2D eigenvalue weighted by atomic mass is 32.2. The molecule has 2 aliphatic heterocycles. The van der Waals surface area contributed by atoms with E-state index in [9.17, 15) is 26.4 Å². The van der Waals surface area contributed by atoms with Crippen molar-refractivity contribution in [1.29, 1.82) is 0 Å². The lowest BCUT2D eigenvalue weighted by molar-refractivity contribution is -0.143. The number of hydrogen-bond donors (Lipinski definition) is 2. The predicted octanol–water partition coefficient (Wildman–Crippen LogP) is 2.84. The number of sulfonamides is 1. The van der Waals surface area contributed by atoms with Gasteiger partial charge in [0.05, 0.1) is 11.7 Å². The fraction of sp³-hybridized carbons (Fsp3) is 0.567. The number of halogens is 3. The Hall–Kier alpha value is -2.91. The van der Waals surface area contributed by atoms with Crippen molar-refractivity contribution in [2.45, 2.75) is 36.9 Å². The summed E-state index contributed by atoms with van der Waals surface area (Å²) >= 11 is 0. The van der Waals surface area contributed by atoms with E-state index in [1.165, 1.54) is 29.5 Å². The molecule has 2 aliphatic rings. The van der Waals surface area contributed by atoms with Crippen LogP contribution in [0.5, 0.6) is 5.75 Å². The van der Waals surface area contributed by atoms with Gasteiger partial charge in [-0.15, -0.1) is 0 Å². The van der Waals surface area contributed by atoms with Crippen LogP contribution in [0.15, 0.2) is 59.6 Å². The molecule has 10 nitrogen and oxygen atoms in total. The van der Waals surface area contributed by atoms with Crippen LogP contribution in [0.2, 0.25) is 0 Å². The van der Waals surface area contributed by atoms with E-state index in [1.807, 2.05) is 19.2 Å². The average Bonchev–Trinajstić information content (AvgIpc) is 2.98. The lowest BCUT2D eigenvalue weighted by atomic mass is 10.00. The monoisotopic (exact) mass is 644 g/mol. The molecule has 1 aromatic rings. The summed E-state index contributed by atoms with van der Waals surface area (Å²) in [5, 5.41) is 2.89. The minimum Gasteiger partial charge on any atom is -0.482 e. The maximum absolute atomic E-state index is 13.3. The lowest BCUT2D eigenvalue weighted by Gasteiger charge is -2.35. The van der Waals surface area contributed by atoms with E-state index in [4.69, 9.17) is 4.74 Å². The first-order chi connectivity index (χ1) is 20.6. The Kier molecular flexibility index (Phi) is 14.4. The molecule has 14 heteroatoms. The third-order valence-electron chi connectivity index (χ3n) is 7.39. The van der Waals surface area contributed by atoms with Gasteiger partial charge in [0.1, 0.15) is 10.6 Å². The summed E-state index contributed by atoms with van der Waals surface area (Å²) in [6, 6.07) is 3.49. The second-order valence-electron chi connectivity index (χ2n) is 11.0. The highest BCUT2D eigenvalue weighted by molar-refractivity contribution is 7.89. The Balaban J connectivity index is 0.000000860. The van der Waals surface area contributed by atoms with E-state index >= 15 is 0 Å². The van der Waals surface area contributed by atoms with Crippen molar-refractivity contribution in [2.75, 3.05) is 85.0 Å². The van der Waals surface area contributed by atoms with Gasteiger partial charge < -0.3 is 25.6 Å². The first-order valence-electron chi connectivity index (χ1n) is 14.5. The zero-order valence-electron chi connectivity index (χ0n) is 26.2. The largest absolute Gasteiger partial charge is 0.482 e. The van der Waals surface area contributed by atoms with Crippen molar-refractivity contribution >= 4 is 21.6 Å². The minimum atomic E-state index is -4.22. The van der Waals surface area contributed by atoms with Crippen molar-refractivity contribution in [3.63, 3.8) is 0 Å². The van der Waals surface area contributed by atoms with Crippen molar-refractivity contribution in [2.24, 2.45) is 5.73 Å². The predicted molar refractivity (Wildman–Crippen MR) is 168 cm³/mol. The molecule has 1 unspecified atom stereocenters. The first-order valence-corrected chi connectivity index (χ1v) is 16.0. The molecule has 1 saturated heterocycles. The van der Waals surface area contributed by atoms with Crippen molar-refractivity contribution in [1.82, 2.24) is 19.4 Å². The molecule has 0 radical (unpaired) electrons. The number of ether oxygens (including phenoxy) is 1. The fourth-order valence-corrected chi connectivity index (χ4v) is 5.77. The van der Waals surface area contributed by atoms with Gasteiger partial charge in [0.25, 0.3) is 5.91 Å². The molecule has 0 saturated carbocycles. The normalized spacial score (nSPS) is 17.5. The quantitative estimate of drug-likeness (QED) is 0.335. The van der Waals surface area contributed by atoms with Crippen LogP contribution in [0.3, 0.4) is 0 Å². The van der Waals surface area contributed by atoms with Gasteiger partial charge in [0.15, 0.2) is 6.61 Å². The lowest BCUT2D eigenvalue weighted by Crippen LogP contribution is -2.45. The number of carbonyl (C=O) groups is 1. The van der Waals surface area contributed by atoms with Crippen LogP contribution in [0.25, 0.3) is 0 Å². The zero-order valence-corrected chi connectivity index (χ0v) is 27.0. The second kappa shape index (κ2) is 17.0. The molecule has 3 rings (SSSR count). The van der Waals surface area contributed by atoms with Crippen LogP contribution in [0.4, 0.5) is 18.9 Å². The number of carbonyl (C=O) groups excluding carboxylic acids is 1. The van der Waals surface area contributed by atoms with E-state index < -0.39 is 22.2 Å². The van der Waals surface area contributed by atoms with Crippen molar-refractivity contribution in [3.8, 4) is 5.75 Å². The SMILES string of the molecule is C=CC1=C(C=C)CN(CCCNC(=O)COc2cccc(N3CCN(C)CC3)c2S(=O)(=O)N(C)C)CC1.CC(N)C(F)(F)F. The summed E-state index contributed by atoms with van der Waals surface area (Å²) in [4.78, 5) is 19.2. The summed E-state index contributed by atoms with van der Waals surface area (Å²) in [6.45, 7) is 14.7. The molecule has 1 atom stereocenters. The Labute approximate surface area is 260 Å². The maximum Gasteiger partial charge on any atom is 0.403 e. The Morgan fingerprint density at radius 1 is 1.14 bits per heavy atom. The third kappa shape index (κ3) is 10.9. The summed E-state index contributed by atoms with van der Waals surface area (Å²) in [6.07, 6.45) is 1.34. The molecular formula is C30H47F3N6O4S. The molecule has 1 aromatic carbocycles. The molecule has 0 spiro atoms. The molecule has 0 bridgehead atoms. The van der Waals surface area contributed by atoms with Gasteiger partial charge in [0.2, 0.25) is 10.0 Å². The Morgan fingerprint density at radius 3 is 2.30 bits per heavy atom. The van der Waals surface area contributed by atoms with Gasteiger partial charge >= 0.3 is 6.18 Å². The summed E-state index contributed by atoms with van der Waals surface area (Å²) in [7, 11) is 1.26. The standard InChI is InChI=1S/C27H41N5O4S.C3H6F3N/c1-6-22-12-15-31(20-23(22)7-2)14-9-13-28-26(33)21-36-25-11-8-10-24(27(25)37(34,35)29(3)4)32-18-16-30(5)17-19-32;1-2(7)3(4,5)6/h6-8,10-11H,1-2,9,12-21H2,3-5H3,(H,28,33);2H,7H2,1H3. The minimum absolute atomic E-state index is 0.104. The number of nitrogens with two attached hydrogens (primary N) is 1. The van der Waals surface area contributed by atoms with Crippen molar-refractivity contribution in [3.05, 3.63) is 54.7 Å². The van der Waals surface area contributed by atoms with Gasteiger partial charge in [-0.25, -0.2) is 12.7 Å². The number of benzene rings is 1. The van der Waals surface area contributed by atoms with Gasteiger partial charge in [-0.05, 0) is 50.1 Å². The van der Waals surface area contributed by atoms with Crippen LogP contribution in [0, 0.1) is 0 Å². The molecule has 0 aliphatic carbocycles. The van der Waals surface area contributed by atoms with Crippen LogP contribution >= 0.6 is 0 Å². The van der Waals surface area contributed by atoms with Crippen LogP contribution < -0.4 is 20.7 Å². The average molecular weight is 645 g/mol. The first kappa shape index (κ1) is 37.3. The number of nitrogens with one attached hydrogen (secondary N) is 1. The summed E-state index contributed by atoms with van der Waals surface area (Å²) in [5.41, 5.74) is 7.51. The number of likely N-dealkylation sites (N-methyl/N-ethyl adjacent to an activating group) is 1. The van der Waals surface area contributed by atoms with Gasteiger partial charge in [-0.2, -0.15) is 13.2 Å². The van der Waals surface area contributed by atoms with Gasteiger partial charge in [-0.3, -0.25) is 9.69 Å². The number of hydrogen-bond acceptors (Lipinski definition) is 8. The van der Waals surface area contributed by atoms with Crippen LogP contribution in [-0.4, -0.2) is 121 Å². The number of allylic oxidation sites excluding steroid dienone is 1. The zero-order chi connectivity index (χ0) is 33.1. The van der Waals surface area contributed by atoms with Gasteiger partial charge in [-0.1, -0.05) is 31.4 Å². The second-order valence-corrected chi connectivity index (χ2v) is 13.1. The van der Waals surface area contributed by atoms with E-state index in [0.717, 1.165) is 52.5 Å². The Morgan fingerprint density at radius 2 is 1.75 bits per heavy atom. The van der Waals surface area contributed by atoms with E-state index in [1.54, 1.807) is 18.2 Å². The van der Waals surface area contributed by atoms with Crippen molar-refractivity contribution < 1.29 is 31.1 Å². The number of nitrogens with zero attached hydrogens (tertiary/aromatic N) is 4. The molecule has 1 amide bonds. The number of alkyl halides is 3. The van der Waals surface area contributed by atoms with E-state index in [2.05, 4.69) is 38.9 Å². The molecule has 1 fully saturated rings. The molecule has 3 N–H and O–H groups in total. The molecule has 2 heterocycles.